The number of morpholine rings is 1. The van der Waals surface area contributed by atoms with Crippen molar-refractivity contribution >= 4 is 0 Å². The zero-order chi connectivity index (χ0) is 15.3. The third-order valence-electron chi connectivity index (χ3n) is 5.35. The van der Waals surface area contributed by atoms with Crippen LogP contribution < -0.4 is 5.32 Å². The average Bonchev–Trinajstić information content (AvgIpc) is 2.46. The van der Waals surface area contributed by atoms with Gasteiger partial charge in [0.15, 0.2) is 0 Å². The fourth-order valence-electron chi connectivity index (χ4n) is 4.12. The van der Waals surface area contributed by atoms with Gasteiger partial charge in [0.1, 0.15) is 0 Å². The van der Waals surface area contributed by atoms with E-state index in [-0.39, 0.29) is 12.6 Å². The maximum Gasteiger partial charge on any atom is 0.0644 e. The average molecular weight is 298 g/mol. The molecule has 2 fully saturated rings. The van der Waals surface area contributed by atoms with Crippen LogP contribution in [0.5, 0.6) is 0 Å². The third-order valence-corrected chi connectivity index (χ3v) is 5.35. The number of hydrogen-bond donors (Lipinski definition) is 2. The summed E-state index contributed by atoms with van der Waals surface area (Å²) in [6.07, 6.45) is 5.14. The molecule has 0 bridgehead atoms. The topological polar surface area (TPSA) is 44.7 Å². The molecule has 4 nitrogen and oxygen atoms in total. The minimum Gasteiger partial charge on any atom is -0.395 e. The largest absolute Gasteiger partial charge is 0.395 e. The van der Waals surface area contributed by atoms with Gasteiger partial charge in [-0.2, -0.15) is 0 Å². The van der Waals surface area contributed by atoms with Crippen LogP contribution in [0.1, 0.15) is 46.5 Å². The first kappa shape index (κ1) is 17.2. The molecule has 1 heterocycles. The number of rotatable bonds is 6. The molecular weight excluding hydrogens is 264 g/mol. The first-order chi connectivity index (χ1) is 10.1. The van der Waals surface area contributed by atoms with Gasteiger partial charge in [-0.25, -0.2) is 0 Å². The number of nitrogens with one attached hydrogen (secondary N) is 1. The van der Waals surface area contributed by atoms with Crippen LogP contribution >= 0.6 is 0 Å². The minimum atomic E-state index is 0.190. The van der Waals surface area contributed by atoms with Crippen LogP contribution in [0.2, 0.25) is 0 Å². The highest BCUT2D eigenvalue weighted by atomic mass is 16.5. The maximum absolute atomic E-state index is 9.56. The molecule has 2 aliphatic rings. The van der Waals surface area contributed by atoms with E-state index in [1.807, 2.05) is 0 Å². The predicted octanol–water partition coefficient (Wildman–Crippen LogP) is 1.87. The Labute approximate surface area is 130 Å². The lowest BCUT2D eigenvalue weighted by atomic mass is 9.67. The van der Waals surface area contributed by atoms with Gasteiger partial charge in [-0.15, -0.1) is 0 Å². The van der Waals surface area contributed by atoms with Crippen LogP contribution in [0.4, 0.5) is 0 Å². The fraction of sp³-hybridized carbons (Fsp3) is 1.00. The third kappa shape index (κ3) is 4.41. The van der Waals surface area contributed by atoms with E-state index in [0.29, 0.717) is 24.0 Å². The van der Waals surface area contributed by atoms with Crippen molar-refractivity contribution in [2.75, 3.05) is 39.5 Å². The van der Waals surface area contributed by atoms with Crippen molar-refractivity contribution in [3.63, 3.8) is 0 Å². The minimum absolute atomic E-state index is 0.190. The molecule has 0 aromatic carbocycles. The SMILES string of the molecule is CCCNC1C(CN2CCOCC2CO)CCCC1(C)C. The quantitative estimate of drug-likeness (QED) is 0.786. The zero-order valence-electron chi connectivity index (χ0n) is 14.1. The van der Waals surface area contributed by atoms with E-state index < -0.39 is 0 Å². The molecule has 0 spiro atoms. The van der Waals surface area contributed by atoms with Gasteiger partial charge in [-0.3, -0.25) is 4.90 Å². The number of hydrogen-bond acceptors (Lipinski definition) is 4. The second-order valence-electron chi connectivity index (χ2n) is 7.48. The Kier molecular flexibility index (Phi) is 6.48. The molecule has 2 rings (SSSR count). The normalized spacial score (nSPS) is 34.0. The van der Waals surface area contributed by atoms with Crippen LogP contribution in [-0.2, 0) is 4.74 Å². The van der Waals surface area contributed by atoms with Gasteiger partial charge < -0.3 is 15.2 Å². The molecule has 21 heavy (non-hydrogen) atoms. The van der Waals surface area contributed by atoms with Crippen LogP contribution in [0.15, 0.2) is 0 Å². The Morgan fingerprint density at radius 1 is 1.38 bits per heavy atom. The van der Waals surface area contributed by atoms with E-state index in [9.17, 15) is 5.11 Å². The number of aliphatic hydroxyl groups is 1. The summed E-state index contributed by atoms with van der Waals surface area (Å²) in [7, 11) is 0. The van der Waals surface area contributed by atoms with E-state index in [0.717, 1.165) is 26.2 Å². The van der Waals surface area contributed by atoms with Crippen molar-refractivity contribution < 1.29 is 9.84 Å². The molecule has 2 N–H and O–H groups in total. The van der Waals surface area contributed by atoms with Crippen molar-refractivity contribution in [3.05, 3.63) is 0 Å². The lowest BCUT2D eigenvalue weighted by Crippen LogP contribution is -2.56. The van der Waals surface area contributed by atoms with Crippen LogP contribution in [-0.4, -0.2) is 61.5 Å². The smallest absolute Gasteiger partial charge is 0.0644 e. The van der Waals surface area contributed by atoms with E-state index >= 15 is 0 Å². The van der Waals surface area contributed by atoms with Crippen molar-refractivity contribution in [1.29, 1.82) is 0 Å². The Morgan fingerprint density at radius 2 is 2.19 bits per heavy atom. The Balaban J connectivity index is 2.00. The number of nitrogens with zero attached hydrogens (tertiary/aromatic N) is 1. The maximum atomic E-state index is 9.56. The second kappa shape index (κ2) is 7.91. The van der Waals surface area contributed by atoms with Crippen molar-refractivity contribution in [1.82, 2.24) is 10.2 Å². The highest BCUT2D eigenvalue weighted by Crippen LogP contribution is 2.39. The van der Waals surface area contributed by atoms with Crippen molar-refractivity contribution in [3.8, 4) is 0 Å². The fourth-order valence-corrected chi connectivity index (χ4v) is 4.12. The van der Waals surface area contributed by atoms with Gasteiger partial charge in [-0.1, -0.05) is 27.2 Å². The summed E-state index contributed by atoms with van der Waals surface area (Å²) >= 11 is 0. The van der Waals surface area contributed by atoms with Gasteiger partial charge in [0.2, 0.25) is 0 Å². The van der Waals surface area contributed by atoms with E-state index in [1.54, 1.807) is 0 Å². The summed E-state index contributed by atoms with van der Waals surface area (Å²) < 4.78 is 5.51. The standard InChI is InChI=1S/C17H34N2O2/c1-4-8-18-16-14(6-5-7-17(16,2)3)11-19-9-10-21-13-15(19)12-20/h14-16,18,20H,4-13H2,1-3H3. The molecule has 0 aromatic heterocycles. The lowest BCUT2D eigenvalue weighted by molar-refractivity contribution is -0.0433. The summed E-state index contributed by atoms with van der Waals surface area (Å²) in [6, 6.07) is 0.781. The summed E-state index contributed by atoms with van der Waals surface area (Å²) in [5.74, 6) is 0.687. The number of ether oxygens (including phenoxy) is 1. The molecule has 1 aliphatic heterocycles. The summed E-state index contributed by atoms with van der Waals surface area (Å²) in [5, 5.41) is 13.4. The van der Waals surface area contributed by atoms with Crippen LogP contribution in [0.25, 0.3) is 0 Å². The second-order valence-corrected chi connectivity index (χ2v) is 7.48. The Bertz CT molecular complexity index is 309. The summed E-state index contributed by atoms with van der Waals surface area (Å²) in [4.78, 5) is 2.45. The van der Waals surface area contributed by atoms with Crippen LogP contribution in [0.3, 0.4) is 0 Å². The lowest BCUT2D eigenvalue weighted by Gasteiger charge is -2.47. The molecule has 0 amide bonds. The summed E-state index contributed by atoms with van der Waals surface area (Å²) in [5.41, 5.74) is 0.374. The molecule has 3 atom stereocenters. The monoisotopic (exact) mass is 298 g/mol. The van der Waals surface area contributed by atoms with Gasteiger partial charge in [0.25, 0.3) is 0 Å². The van der Waals surface area contributed by atoms with Gasteiger partial charge in [-0.05, 0) is 37.1 Å². The zero-order valence-corrected chi connectivity index (χ0v) is 14.1. The molecule has 0 radical (unpaired) electrons. The predicted molar refractivity (Wildman–Crippen MR) is 86.5 cm³/mol. The molecule has 1 aliphatic carbocycles. The molecule has 1 saturated heterocycles. The Hall–Kier alpha value is -0.160. The van der Waals surface area contributed by atoms with E-state index in [4.69, 9.17) is 4.74 Å². The van der Waals surface area contributed by atoms with E-state index in [1.165, 1.54) is 25.7 Å². The molecule has 1 saturated carbocycles. The molecule has 124 valence electrons. The highest BCUT2D eigenvalue weighted by Gasteiger charge is 2.40. The van der Waals surface area contributed by atoms with Crippen molar-refractivity contribution in [2.45, 2.75) is 58.5 Å². The first-order valence-electron chi connectivity index (χ1n) is 8.74. The molecular formula is C17H34N2O2. The van der Waals surface area contributed by atoms with Gasteiger partial charge >= 0.3 is 0 Å². The van der Waals surface area contributed by atoms with Gasteiger partial charge in [0.05, 0.1) is 25.9 Å². The van der Waals surface area contributed by atoms with Crippen molar-refractivity contribution in [2.24, 2.45) is 11.3 Å². The summed E-state index contributed by atoms with van der Waals surface area (Å²) in [6.45, 7) is 11.9. The highest BCUT2D eigenvalue weighted by molar-refractivity contribution is 4.95. The number of aliphatic hydroxyl groups excluding tert-OH is 1. The molecule has 4 heteroatoms. The Morgan fingerprint density at radius 3 is 2.90 bits per heavy atom. The van der Waals surface area contributed by atoms with Gasteiger partial charge in [0, 0.05) is 19.1 Å². The van der Waals surface area contributed by atoms with E-state index in [2.05, 4.69) is 31.0 Å². The first-order valence-corrected chi connectivity index (χ1v) is 8.74. The molecule has 3 unspecified atom stereocenters. The van der Waals surface area contributed by atoms with Crippen LogP contribution in [0, 0.1) is 11.3 Å². The molecule has 0 aromatic rings.